The van der Waals surface area contributed by atoms with Gasteiger partial charge in [0.15, 0.2) is 0 Å². The molecule has 0 fully saturated rings. The van der Waals surface area contributed by atoms with Gasteiger partial charge in [-0.2, -0.15) is 0 Å². The van der Waals surface area contributed by atoms with Gasteiger partial charge in [-0.05, 0) is 89.9 Å². The van der Waals surface area contributed by atoms with E-state index in [0.29, 0.717) is 17.4 Å². The van der Waals surface area contributed by atoms with Crippen LogP contribution in [0.5, 0.6) is 0 Å². The molecule has 0 rings (SSSR count). The van der Waals surface area contributed by atoms with E-state index in [4.69, 9.17) is 9.05 Å². The number of phosphoric acid groups is 1. The van der Waals surface area contributed by atoms with Crippen LogP contribution in [-0.2, 0) is 18.4 Å². The van der Waals surface area contributed by atoms with E-state index < -0.39 is 20.0 Å². The Balaban J connectivity index is 4.28. The SMILES string of the molecule is CC/C=C\C/C=C\C/C=C\C/C=C\C/C=C\C/C=C\C/C=C\C/C=C\C/C=C\CCCCCCCC(=O)NC(COP(=O)(O)OCC[N+](C)(C)C)C(O)/C=C/CCCCCCCCCCCCCCCCCC. The zero-order valence-corrected chi connectivity index (χ0v) is 48.5. The van der Waals surface area contributed by atoms with Gasteiger partial charge in [-0.25, -0.2) is 4.57 Å². The van der Waals surface area contributed by atoms with Crippen LogP contribution in [0.4, 0.5) is 0 Å². The number of quaternary nitrogens is 1. The molecule has 0 saturated heterocycles. The number of aliphatic hydroxyl groups excluding tert-OH is 1. The molecule has 3 N–H and O–H groups in total. The molecule has 73 heavy (non-hydrogen) atoms. The zero-order valence-electron chi connectivity index (χ0n) is 47.6. The van der Waals surface area contributed by atoms with Crippen LogP contribution >= 0.6 is 7.82 Å². The van der Waals surface area contributed by atoms with E-state index in [1.165, 1.54) is 89.9 Å². The van der Waals surface area contributed by atoms with Crippen molar-refractivity contribution in [3.63, 3.8) is 0 Å². The number of amides is 1. The van der Waals surface area contributed by atoms with Crippen LogP contribution in [0.2, 0.25) is 0 Å². The van der Waals surface area contributed by atoms with Crippen molar-refractivity contribution in [1.29, 1.82) is 0 Å². The number of hydrogen-bond donors (Lipinski definition) is 3. The molecule has 1 amide bonds. The molecule has 3 atom stereocenters. The Morgan fingerprint density at radius 2 is 0.822 bits per heavy atom. The predicted molar refractivity (Wildman–Crippen MR) is 318 cm³/mol. The summed E-state index contributed by atoms with van der Waals surface area (Å²) in [4.78, 5) is 23.3. The summed E-state index contributed by atoms with van der Waals surface area (Å²) in [7, 11) is 1.54. The van der Waals surface area contributed by atoms with Crippen LogP contribution in [0.3, 0.4) is 0 Å². The molecule has 0 radical (unpaired) electrons. The van der Waals surface area contributed by atoms with E-state index in [2.05, 4.69) is 129 Å². The number of unbranched alkanes of at least 4 members (excludes halogenated alkanes) is 21. The minimum atomic E-state index is -4.36. The highest BCUT2D eigenvalue weighted by Gasteiger charge is 2.27. The van der Waals surface area contributed by atoms with Crippen molar-refractivity contribution in [2.75, 3.05) is 40.9 Å². The van der Waals surface area contributed by atoms with Crippen LogP contribution in [-0.4, -0.2) is 73.4 Å². The smallest absolute Gasteiger partial charge is 0.387 e. The number of rotatable bonds is 52. The molecule has 3 unspecified atom stereocenters. The highest BCUT2D eigenvalue weighted by molar-refractivity contribution is 7.47. The van der Waals surface area contributed by atoms with Gasteiger partial charge >= 0.3 is 7.82 Å². The maximum absolute atomic E-state index is 13.0. The van der Waals surface area contributed by atoms with Crippen molar-refractivity contribution in [3.05, 3.63) is 122 Å². The molecule has 0 heterocycles. The highest BCUT2D eigenvalue weighted by Crippen LogP contribution is 2.43. The molecular formula is C64H112N2O6P+. The van der Waals surface area contributed by atoms with Gasteiger partial charge in [-0.15, -0.1) is 0 Å². The fraction of sp³-hybridized carbons (Fsp3) is 0.672. The lowest BCUT2D eigenvalue weighted by atomic mass is 10.0. The Kier molecular flexibility index (Phi) is 51.4. The van der Waals surface area contributed by atoms with E-state index in [9.17, 15) is 19.4 Å². The number of nitrogens with one attached hydrogen (secondary N) is 1. The lowest BCUT2D eigenvalue weighted by Crippen LogP contribution is -2.45. The standard InChI is InChI=1S/C64H111N2O6P/c1-6-8-10-12-14-16-18-20-22-24-26-27-28-29-30-31-32-33-34-35-36-37-38-39-40-42-44-46-48-50-52-54-56-58-64(68)65-62(61-72-73(69,70)71-60-59-66(3,4)5)63(67)57-55-53-51-49-47-45-43-41-25-23-21-19-17-15-13-11-9-7-2/h8,10,14,16,20,22,26-27,29-30,32-33,35-36,38-39,42,44,55,57,62-63,67H,6-7,9,11-13,15,17-19,21,23-25,28,31,34,37,40-41,43,45-54,56,58-61H2,1-5H3,(H-,65,68,69,70)/p+1/b10-8-,16-14-,22-20-,27-26-,30-29-,33-32-,36-35-,39-38-,44-42-,57-55+. The minimum absolute atomic E-state index is 0.0510. The van der Waals surface area contributed by atoms with Gasteiger partial charge in [0.1, 0.15) is 13.2 Å². The second kappa shape index (κ2) is 53.7. The fourth-order valence-electron chi connectivity index (χ4n) is 7.86. The van der Waals surface area contributed by atoms with Gasteiger partial charge in [0.2, 0.25) is 5.91 Å². The van der Waals surface area contributed by atoms with Crippen molar-refractivity contribution in [2.24, 2.45) is 0 Å². The average molecular weight is 1040 g/mol. The van der Waals surface area contributed by atoms with Gasteiger partial charge in [0, 0.05) is 6.42 Å². The number of allylic oxidation sites excluding steroid dienone is 19. The van der Waals surface area contributed by atoms with E-state index >= 15 is 0 Å². The molecule has 0 spiro atoms. The van der Waals surface area contributed by atoms with E-state index in [1.807, 2.05) is 27.2 Å². The van der Waals surface area contributed by atoms with Crippen LogP contribution in [0.15, 0.2) is 122 Å². The molecular weight excluding hydrogens is 924 g/mol. The van der Waals surface area contributed by atoms with Gasteiger partial charge in [0.05, 0.1) is 39.9 Å². The van der Waals surface area contributed by atoms with Crippen LogP contribution in [0.25, 0.3) is 0 Å². The third-order valence-corrected chi connectivity index (χ3v) is 13.4. The molecule has 0 aromatic heterocycles. The Labute approximate surface area is 450 Å². The van der Waals surface area contributed by atoms with Gasteiger partial charge in [0.25, 0.3) is 0 Å². The topological polar surface area (TPSA) is 105 Å². The quantitative estimate of drug-likeness (QED) is 0.0243. The largest absolute Gasteiger partial charge is 0.472 e. The number of carbonyl (C=O) groups is 1. The lowest BCUT2D eigenvalue weighted by Gasteiger charge is -2.25. The monoisotopic (exact) mass is 1040 g/mol. The van der Waals surface area contributed by atoms with Crippen LogP contribution in [0.1, 0.15) is 226 Å². The molecule has 0 saturated carbocycles. The van der Waals surface area contributed by atoms with Crippen molar-refractivity contribution in [2.45, 2.75) is 238 Å². The predicted octanol–water partition coefficient (Wildman–Crippen LogP) is 18.1. The molecule has 0 aromatic rings. The number of carbonyl (C=O) groups excluding carboxylic acids is 1. The third kappa shape index (κ3) is 56.5. The zero-order chi connectivity index (χ0) is 53.5. The molecule has 9 heteroatoms. The number of likely N-dealkylation sites (N-methyl/N-ethyl adjacent to an activating group) is 1. The van der Waals surface area contributed by atoms with E-state index in [-0.39, 0.29) is 19.1 Å². The maximum Gasteiger partial charge on any atom is 0.472 e. The van der Waals surface area contributed by atoms with Crippen LogP contribution in [0, 0.1) is 0 Å². The normalized spacial score (nSPS) is 14.8. The Morgan fingerprint density at radius 1 is 0.479 bits per heavy atom. The Bertz CT molecular complexity index is 1600. The van der Waals surface area contributed by atoms with Gasteiger partial charge < -0.3 is 19.8 Å². The van der Waals surface area contributed by atoms with Crippen molar-refractivity contribution in [3.8, 4) is 0 Å². The summed E-state index contributed by atoms with van der Waals surface area (Å²) in [5.74, 6) is -0.200. The molecule has 0 bridgehead atoms. The summed E-state index contributed by atoms with van der Waals surface area (Å²) < 4.78 is 23.7. The maximum atomic E-state index is 13.0. The summed E-state index contributed by atoms with van der Waals surface area (Å²) >= 11 is 0. The molecule has 418 valence electrons. The first-order valence-electron chi connectivity index (χ1n) is 29.4. The highest BCUT2D eigenvalue weighted by atomic mass is 31.2. The number of hydrogen-bond acceptors (Lipinski definition) is 5. The Morgan fingerprint density at radius 3 is 1.21 bits per heavy atom. The number of aliphatic hydroxyl groups is 1. The first kappa shape index (κ1) is 69.9. The second-order valence-electron chi connectivity index (χ2n) is 20.6. The molecule has 0 aliphatic heterocycles. The second-order valence-corrected chi connectivity index (χ2v) is 22.1. The van der Waals surface area contributed by atoms with Crippen molar-refractivity contribution in [1.82, 2.24) is 5.32 Å². The van der Waals surface area contributed by atoms with Gasteiger partial charge in [-0.1, -0.05) is 251 Å². The van der Waals surface area contributed by atoms with Crippen molar-refractivity contribution >= 4 is 13.7 Å². The lowest BCUT2D eigenvalue weighted by molar-refractivity contribution is -0.870. The molecule has 0 aliphatic rings. The van der Waals surface area contributed by atoms with Crippen LogP contribution < -0.4 is 5.32 Å². The summed E-state index contributed by atoms with van der Waals surface area (Å²) in [6.07, 6.45) is 80.1. The average Bonchev–Trinajstić information content (AvgIpc) is 3.35. The molecule has 8 nitrogen and oxygen atoms in total. The van der Waals surface area contributed by atoms with E-state index in [1.54, 1.807) is 6.08 Å². The minimum Gasteiger partial charge on any atom is -0.387 e. The van der Waals surface area contributed by atoms with E-state index in [0.717, 1.165) is 116 Å². The summed E-state index contributed by atoms with van der Waals surface area (Å²) in [6, 6.07) is -0.867. The fourth-order valence-corrected chi connectivity index (χ4v) is 8.59. The molecule has 0 aromatic carbocycles. The molecule has 0 aliphatic carbocycles. The third-order valence-electron chi connectivity index (χ3n) is 12.4. The van der Waals surface area contributed by atoms with Crippen molar-refractivity contribution < 1.29 is 32.9 Å². The van der Waals surface area contributed by atoms with Gasteiger partial charge in [-0.3, -0.25) is 13.8 Å². The summed E-state index contributed by atoms with van der Waals surface area (Å²) in [5, 5.41) is 13.9. The first-order chi connectivity index (χ1) is 35.5. The Hall–Kier alpha value is -3.10. The summed E-state index contributed by atoms with van der Waals surface area (Å²) in [6.45, 7) is 4.68. The number of phosphoric ester groups is 1. The number of nitrogens with zero attached hydrogens (tertiary/aromatic N) is 1. The summed E-state index contributed by atoms with van der Waals surface area (Å²) in [5.41, 5.74) is 0. The first-order valence-corrected chi connectivity index (χ1v) is 30.9.